The summed E-state index contributed by atoms with van der Waals surface area (Å²) in [5.41, 5.74) is 0. The number of imidazole rings is 1. The van der Waals surface area contributed by atoms with Crippen LogP contribution in [0.5, 0.6) is 0 Å². The van der Waals surface area contributed by atoms with Crippen LogP contribution in [-0.4, -0.2) is 16.6 Å². The van der Waals surface area contributed by atoms with Crippen LogP contribution in [-0.2, 0) is 13.1 Å². The summed E-state index contributed by atoms with van der Waals surface area (Å²) in [6.45, 7) is 2.05. The Morgan fingerprint density at radius 2 is 2.25 bits per heavy atom. The van der Waals surface area contributed by atoms with E-state index in [0.717, 1.165) is 19.5 Å². The van der Waals surface area contributed by atoms with Gasteiger partial charge in [-0.1, -0.05) is 0 Å². The van der Waals surface area contributed by atoms with Gasteiger partial charge in [-0.3, -0.25) is 0 Å². The molecule has 4 heteroatoms. The van der Waals surface area contributed by atoms with Gasteiger partial charge in [0.05, 0.1) is 19.2 Å². The second-order valence-electron chi connectivity index (χ2n) is 3.85. The van der Waals surface area contributed by atoms with Gasteiger partial charge in [0.2, 0.25) is 6.33 Å². The summed E-state index contributed by atoms with van der Waals surface area (Å²) in [4.78, 5) is 0. The molecule has 0 aliphatic rings. The molecule has 3 nitrogen and oxygen atoms in total. The molecular weight excluding hydrogens is 218 g/mol. The van der Waals surface area contributed by atoms with Crippen molar-refractivity contribution in [2.75, 3.05) is 12.0 Å². The fourth-order valence-electron chi connectivity index (χ4n) is 1.58. The Morgan fingerprint density at radius 1 is 1.38 bits per heavy atom. The number of unbranched alkanes of at least 4 members (excludes halogenated alkanes) is 2. The predicted molar refractivity (Wildman–Crippen MR) is 67.1 cm³/mol. The summed E-state index contributed by atoms with van der Waals surface area (Å²) in [6.07, 6.45) is 12.6. The minimum atomic E-state index is 0.645. The average Bonchev–Trinajstić information content (AvgIpc) is 2.73. The highest BCUT2D eigenvalue weighted by atomic mass is 32.2. The van der Waals surface area contributed by atoms with Crippen molar-refractivity contribution >= 4 is 11.8 Å². The maximum absolute atomic E-state index is 8.45. The molecule has 0 bridgehead atoms. The van der Waals surface area contributed by atoms with Gasteiger partial charge in [0.1, 0.15) is 12.4 Å². The number of hydrogen-bond acceptors (Lipinski definition) is 2. The van der Waals surface area contributed by atoms with Crippen LogP contribution in [0.25, 0.3) is 0 Å². The van der Waals surface area contributed by atoms with E-state index in [-0.39, 0.29) is 0 Å². The molecule has 0 aromatic carbocycles. The van der Waals surface area contributed by atoms with Crippen molar-refractivity contribution in [2.24, 2.45) is 0 Å². The minimum Gasteiger partial charge on any atom is -0.237 e. The Morgan fingerprint density at radius 3 is 3.00 bits per heavy atom. The zero-order chi connectivity index (χ0) is 11.6. The number of nitriles is 1. The highest BCUT2D eigenvalue weighted by molar-refractivity contribution is 7.98. The fraction of sp³-hybridized carbons (Fsp3) is 0.667. The number of aromatic nitrogens is 2. The lowest BCUT2D eigenvalue weighted by Gasteiger charge is -1.96. The van der Waals surface area contributed by atoms with Crippen LogP contribution >= 0.6 is 11.8 Å². The first kappa shape index (κ1) is 13.1. The highest BCUT2D eigenvalue weighted by Gasteiger charge is 2.02. The van der Waals surface area contributed by atoms with E-state index in [4.69, 9.17) is 5.26 Å². The molecule has 0 aliphatic carbocycles. The third kappa shape index (κ3) is 5.22. The monoisotopic (exact) mass is 238 g/mol. The van der Waals surface area contributed by atoms with Gasteiger partial charge in [0.15, 0.2) is 0 Å². The van der Waals surface area contributed by atoms with Crippen molar-refractivity contribution in [1.29, 1.82) is 5.26 Å². The van der Waals surface area contributed by atoms with Gasteiger partial charge in [0.25, 0.3) is 0 Å². The SMILES string of the molecule is CSCCCC[n+]1ccn(CCCC#N)c1. The molecule has 1 heterocycles. The summed E-state index contributed by atoms with van der Waals surface area (Å²) in [6, 6.07) is 2.17. The summed E-state index contributed by atoms with van der Waals surface area (Å²) in [5.74, 6) is 1.25. The van der Waals surface area contributed by atoms with Crippen LogP contribution in [0.1, 0.15) is 25.7 Å². The van der Waals surface area contributed by atoms with E-state index >= 15 is 0 Å². The first-order chi connectivity index (χ1) is 7.86. The van der Waals surface area contributed by atoms with Gasteiger partial charge >= 0.3 is 0 Å². The third-order valence-electron chi connectivity index (χ3n) is 2.47. The Labute approximate surface area is 102 Å². The number of nitrogens with zero attached hydrogens (tertiary/aromatic N) is 3. The van der Waals surface area contributed by atoms with Crippen molar-refractivity contribution in [2.45, 2.75) is 38.8 Å². The molecule has 0 radical (unpaired) electrons. The lowest BCUT2D eigenvalue weighted by molar-refractivity contribution is -0.696. The topological polar surface area (TPSA) is 32.6 Å². The van der Waals surface area contributed by atoms with Crippen molar-refractivity contribution in [3.63, 3.8) is 0 Å². The Balaban J connectivity index is 2.20. The predicted octanol–water partition coefficient (Wildman–Crippen LogP) is 2.22. The van der Waals surface area contributed by atoms with Crippen molar-refractivity contribution in [3.8, 4) is 6.07 Å². The van der Waals surface area contributed by atoms with E-state index in [9.17, 15) is 0 Å². The molecule has 1 aromatic heterocycles. The van der Waals surface area contributed by atoms with E-state index in [1.54, 1.807) is 0 Å². The average molecular weight is 238 g/mol. The van der Waals surface area contributed by atoms with Gasteiger partial charge in [-0.25, -0.2) is 9.13 Å². The van der Waals surface area contributed by atoms with E-state index in [2.05, 4.69) is 40.2 Å². The first-order valence-electron chi connectivity index (χ1n) is 5.77. The summed E-state index contributed by atoms with van der Waals surface area (Å²) < 4.78 is 4.39. The van der Waals surface area contributed by atoms with Crippen LogP contribution in [0.4, 0.5) is 0 Å². The molecule has 0 aliphatic heterocycles. The third-order valence-corrected chi connectivity index (χ3v) is 3.16. The second kappa shape index (κ2) is 8.23. The molecule has 0 spiro atoms. The van der Waals surface area contributed by atoms with Gasteiger partial charge in [0, 0.05) is 6.42 Å². The van der Waals surface area contributed by atoms with Crippen LogP contribution in [0.15, 0.2) is 18.7 Å². The molecule has 1 rings (SSSR count). The molecule has 0 atom stereocenters. The Kier molecular flexibility index (Phi) is 6.75. The zero-order valence-corrected chi connectivity index (χ0v) is 10.7. The van der Waals surface area contributed by atoms with Crippen LogP contribution in [0.3, 0.4) is 0 Å². The first-order valence-corrected chi connectivity index (χ1v) is 7.17. The largest absolute Gasteiger partial charge is 0.243 e. The number of hydrogen-bond donors (Lipinski definition) is 0. The molecule has 88 valence electrons. The maximum Gasteiger partial charge on any atom is 0.243 e. The highest BCUT2D eigenvalue weighted by Crippen LogP contribution is 1.99. The second-order valence-corrected chi connectivity index (χ2v) is 4.84. The summed E-state index contributed by atoms with van der Waals surface area (Å²) in [7, 11) is 0. The zero-order valence-electron chi connectivity index (χ0n) is 9.93. The summed E-state index contributed by atoms with van der Waals surface area (Å²) >= 11 is 1.91. The van der Waals surface area contributed by atoms with Crippen molar-refractivity contribution in [1.82, 2.24) is 4.57 Å². The van der Waals surface area contributed by atoms with Crippen LogP contribution in [0.2, 0.25) is 0 Å². The van der Waals surface area contributed by atoms with Gasteiger partial charge in [-0.05, 0) is 31.3 Å². The van der Waals surface area contributed by atoms with Gasteiger partial charge in [-0.15, -0.1) is 0 Å². The Hall–Kier alpha value is -0.950. The molecular formula is C12H20N3S+. The smallest absolute Gasteiger partial charge is 0.237 e. The molecule has 0 amide bonds. The molecule has 1 aromatic rings. The molecule has 16 heavy (non-hydrogen) atoms. The van der Waals surface area contributed by atoms with Crippen LogP contribution in [0, 0.1) is 11.3 Å². The number of thioether (sulfide) groups is 1. The lowest BCUT2D eigenvalue weighted by atomic mass is 10.3. The molecule has 0 saturated heterocycles. The summed E-state index contributed by atoms with van der Waals surface area (Å²) in [5, 5.41) is 8.45. The van der Waals surface area contributed by atoms with E-state index < -0.39 is 0 Å². The number of rotatable bonds is 8. The lowest BCUT2D eigenvalue weighted by Crippen LogP contribution is -2.30. The van der Waals surface area contributed by atoms with E-state index in [0.29, 0.717) is 6.42 Å². The Bertz CT molecular complexity index is 327. The standard InChI is InChI=1S/C12H20N3S/c1-16-11-5-4-8-15-10-9-14(12-15)7-3-2-6-13/h9-10,12H,2-5,7-8,11H2,1H3/q+1. The molecule has 0 saturated carbocycles. The van der Waals surface area contributed by atoms with E-state index in [1.807, 2.05) is 11.8 Å². The van der Waals surface area contributed by atoms with Gasteiger partial charge in [-0.2, -0.15) is 17.0 Å². The van der Waals surface area contributed by atoms with Crippen LogP contribution < -0.4 is 4.57 Å². The maximum atomic E-state index is 8.45. The van der Waals surface area contributed by atoms with Crippen molar-refractivity contribution < 1.29 is 4.57 Å². The van der Waals surface area contributed by atoms with Crippen molar-refractivity contribution in [3.05, 3.63) is 18.7 Å². The fourth-order valence-corrected chi connectivity index (χ4v) is 2.08. The number of aryl methyl sites for hydroxylation is 2. The quantitative estimate of drug-likeness (QED) is 0.514. The molecule has 0 N–H and O–H groups in total. The molecule has 0 unspecified atom stereocenters. The van der Waals surface area contributed by atoms with Gasteiger partial charge < -0.3 is 0 Å². The van der Waals surface area contributed by atoms with E-state index in [1.165, 1.54) is 18.6 Å². The normalized spacial score (nSPS) is 10.2. The molecule has 0 fully saturated rings. The minimum absolute atomic E-state index is 0.645.